The van der Waals surface area contributed by atoms with E-state index in [1.807, 2.05) is 12.1 Å². The van der Waals surface area contributed by atoms with E-state index in [1.165, 1.54) is 30.1 Å². The molecule has 0 unspecified atom stereocenters. The van der Waals surface area contributed by atoms with E-state index in [0.717, 1.165) is 39.0 Å². The SMILES string of the molecule is c1ccc(N(c2ccc3c(c2)oc2ccccc23)c2ccc3ccc4c5ccccc5[se]c4c3c2)cc1. The minimum atomic E-state index is 0.300. The molecule has 8 aromatic rings. The van der Waals surface area contributed by atoms with Crippen LogP contribution in [0.1, 0.15) is 0 Å². The molecule has 0 fully saturated rings. The Labute approximate surface area is 219 Å². The van der Waals surface area contributed by atoms with Crippen molar-refractivity contribution in [3.63, 3.8) is 0 Å². The van der Waals surface area contributed by atoms with E-state index < -0.39 is 0 Å². The fourth-order valence-electron chi connectivity index (χ4n) is 5.51. The molecule has 0 aliphatic heterocycles. The van der Waals surface area contributed by atoms with Crippen molar-refractivity contribution in [2.75, 3.05) is 4.90 Å². The van der Waals surface area contributed by atoms with Gasteiger partial charge in [0, 0.05) is 0 Å². The third kappa shape index (κ3) is 3.25. The summed E-state index contributed by atoms with van der Waals surface area (Å²) in [6.07, 6.45) is 0. The minimum absolute atomic E-state index is 0.300. The predicted molar refractivity (Wildman–Crippen MR) is 158 cm³/mol. The molecule has 0 aliphatic rings. The van der Waals surface area contributed by atoms with Crippen LogP contribution in [0, 0.1) is 0 Å². The van der Waals surface area contributed by atoms with Crippen molar-refractivity contribution < 1.29 is 4.42 Å². The molecule has 0 bridgehead atoms. The Morgan fingerprint density at radius 3 is 2.05 bits per heavy atom. The van der Waals surface area contributed by atoms with Gasteiger partial charge in [0.25, 0.3) is 0 Å². The van der Waals surface area contributed by atoms with Crippen molar-refractivity contribution in [1.82, 2.24) is 0 Å². The van der Waals surface area contributed by atoms with E-state index >= 15 is 0 Å². The van der Waals surface area contributed by atoms with Crippen LogP contribution in [0.25, 0.3) is 52.0 Å². The zero-order chi connectivity index (χ0) is 24.3. The molecule has 2 aromatic heterocycles. The Kier molecular flexibility index (Phi) is 4.57. The number of nitrogens with zero attached hydrogens (tertiary/aromatic N) is 1. The molecule has 0 saturated heterocycles. The number of hydrogen-bond acceptors (Lipinski definition) is 2. The van der Waals surface area contributed by atoms with E-state index in [4.69, 9.17) is 4.42 Å². The van der Waals surface area contributed by atoms with E-state index in [1.54, 1.807) is 0 Å². The number of para-hydroxylation sites is 2. The molecule has 0 amide bonds. The summed E-state index contributed by atoms with van der Waals surface area (Å²) in [7, 11) is 0. The summed E-state index contributed by atoms with van der Waals surface area (Å²) in [5, 5.41) is 7.70. The molecule has 0 radical (unpaired) electrons. The normalized spacial score (nSPS) is 11.8. The third-order valence-corrected chi connectivity index (χ3v) is 9.80. The maximum absolute atomic E-state index is 6.26. The van der Waals surface area contributed by atoms with Gasteiger partial charge in [0.1, 0.15) is 0 Å². The molecule has 3 heteroatoms. The van der Waals surface area contributed by atoms with Crippen LogP contribution in [-0.2, 0) is 0 Å². The summed E-state index contributed by atoms with van der Waals surface area (Å²) >= 11 is 0.300. The molecule has 0 saturated carbocycles. The van der Waals surface area contributed by atoms with Crippen LogP contribution in [0.15, 0.2) is 132 Å². The van der Waals surface area contributed by atoms with Crippen LogP contribution < -0.4 is 4.90 Å². The second-order valence-corrected chi connectivity index (χ2v) is 11.6. The molecule has 8 rings (SSSR count). The molecule has 6 aromatic carbocycles. The first-order chi connectivity index (χ1) is 18.3. The van der Waals surface area contributed by atoms with E-state index in [2.05, 4.69) is 120 Å². The summed E-state index contributed by atoms with van der Waals surface area (Å²) in [5.74, 6) is 0. The number of benzene rings is 6. The standard InChI is InChI=1S/C34H21NOSe/c1-2-8-23(9-3-1)35(25-17-19-27-26-10-4-6-12-31(26)36-32(27)21-25)24-16-14-22-15-18-29-28-11-5-7-13-33(28)37-34(29)30(22)20-24/h1-21H. The van der Waals surface area contributed by atoms with E-state index in [9.17, 15) is 0 Å². The van der Waals surface area contributed by atoms with Gasteiger partial charge in [0.2, 0.25) is 0 Å². The second kappa shape index (κ2) is 8.11. The van der Waals surface area contributed by atoms with Crippen LogP contribution in [0.2, 0.25) is 0 Å². The van der Waals surface area contributed by atoms with E-state index in [-0.39, 0.29) is 0 Å². The molecule has 0 N–H and O–H groups in total. The number of furan rings is 1. The van der Waals surface area contributed by atoms with Crippen molar-refractivity contribution >= 4 is 83.6 Å². The van der Waals surface area contributed by atoms with Crippen molar-refractivity contribution in [1.29, 1.82) is 0 Å². The van der Waals surface area contributed by atoms with Crippen molar-refractivity contribution in [2.24, 2.45) is 0 Å². The van der Waals surface area contributed by atoms with Crippen LogP contribution in [-0.4, -0.2) is 14.5 Å². The van der Waals surface area contributed by atoms with E-state index in [0.29, 0.717) is 14.5 Å². The Balaban J connectivity index is 1.37. The molecule has 2 nitrogen and oxygen atoms in total. The van der Waals surface area contributed by atoms with Gasteiger partial charge in [-0.1, -0.05) is 0 Å². The Bertz CT molecular complexity index is 2100. The van der Waals surface area contributed by atoms with Gasteiger partial charge in [-0.3, -0.25) is 0 Å². The van der Waals surface area contributed by atoms with Gasteiger partial charge in [-0.2, -0.15) is 0 Å². The first kappa shape index (κ1) is 20.8. The van der Waals surface area contributed by atoms with Crippen LogP contribution in [0.4, 0.5) is 17.1 Å². The summed E-state index contributed by atoms with van der Waals surface area (Å²) < 4.78 is 9.21. The molecule has 2 heterocycles. The van der Waals surface area contributed by atoms with Crippen LogP contribution in [0.5, 0.6) is 0 Å². The maximum atomic E-state index is 6.26. The zero-order valence-corrected chi connectivity index (χ0v) is 21.6. The van der Waals surface area contributed by atoms with Gasteiger partial charge in [0.05, 0.1) is 0 Å². The predicted octanol–water partition coefficient (Wildman–Crippen LogP) is 9.57. The van der Waals surface area contributed by atoms with Crippen molar-refractivity contribution in [2.45, 2.75) is 0 Å². The Hall–Kier alpha value is -4.30. The molecule has 0 spiro atoms. The molecular formula is C34H21NOSe. The average molecular weight is 539 g/mol. The van der Waals surface area contributed by atoms with Gasteiger partial charge in [-0.25, -0.2) is 0 Å². The summed E-state index contributed by atoms with van der Waals surface area (Å²) in [4.78, 5) is 2.33. The number of anilines is 3. The first-order valence-electron chi connectivity index (χ1n) is 12.4. The average Bonchev–Trinajstić information content (AvgIpc) is 3.52. The number of rotatable bonds is 3. The molecule has 0 atom stereocenters. The first-order valence-corrected chi connectivity index (χ1v) is 14.2. The van der Waals surface area contributed by atoms with Gasteiger partial charge in [-0.05, 0) is 0 Å². The topological polar surface area (TPSA) is 16.4 Å². The van der Waals surface area contributed by atoms with Gasteiger partial charge in [0.15, 0.2) is 0 Å². The van der Waals surface area contributed by atoms with Crippen molar-refractivity contribution in [3.8, 4) is 0 Å². The monoisotopic (exact) mass is 539 g/mol. The molecule has 37 heavy (non-hydrogen) atoms. The van der Waals surface area contributed by atoms with Crippen molar-refractivity contribution in [3.05, 3.63) is 127 Å². The summed E-state index contributed by atoms with van der Waals surface area (Å²) in [6.45, 7) is 0. The Morgan fingerprint density at radius 2 is 1.14 bits per heavy atom. The van der Waals surface area contributed by atoms with Gasteiger partial charge in [-0.15, -0.1) is 0 Å². The quantitative estimate of drug-likeness (QED) is 0.208. The summed E-state index contributed by atoms with van der Waals surface area (Å²) in [5.41, 5.74) is 5.18. The third-order valence-electron chi connectivity index (χ3n) is 7.24. The zero-order valence-electron chi connectivity index (χ0n) is 19.9. The molecular weight excluding hydrogens is 517 g/mol. The van der Waals surface area contributed by atoms with Crippen LogP contribution >= 0.6 is 0 Å². The fraction of sp³-hybridized carbons (Fsp3) is 0. The Morgan fingerprint density at radius 1 is 0.459 bits per heavy atom. The summed E-state index contributed by atoms with van der Waals surface area (Å²) in [6, 6.07) is 45.7. The number of hydrogen-bond donors (Lipinski definition) is 0. The van der Waals surface area contributed by atoms with Crippen LogP contribution in [0.3, 0.4) is 0 Å². The molecule has 0 aliphatic carbocycles. The van der Waals surface area contributed by atoms with Gasteiger partial charge < -0.3 is 0 Å². The van der Waals surface area contributed by atoms with Gasteiger partial charge >= 0.3 is 220 Å². The fourth-order valence-corrected chi connectivity index (χ4v) is 8.09. The number of fused-ring (bicyclic) bond motifs is 8. The molecule has 174 valence electrons. The second-order valence-electron chi connectivity index (χ2n) is 9.40.